The molecule has 0 spiro atoms. The first-order valence-electron chi connectivity index (χ1n) is 9.77. The maximum atomic E-state index is 13.5. The Morgan fingerprint density at radius 3 is 1.75 bits per heavy atom. The molecule has 0 aliphatic rings. The molecule has 0 aliphatic carbocycles. The van der Waals surface area contributed by atoms with E-state index in [2.05, 4.69) is 0 Å². The minimum Gasteiger partial charge on any atom is -0.490 e. The highest BCUT2D eigenvalue weighted by atomic mass is 31.2. The van der Waals surface area contributed by atoms with Gasteiger partial charge in [0.25, 0.3) is 0 Å². The lowest BCUT2D eigenvalue weighted by Gasteiger charge is -2.24. The fourth-order valence-electron chi connectivity index (χ4n) is 2.92. The number of hydrogen-bond donors (Lipinski definition) is 0. The molecular weight excluding hydrogens is 375 g/mol. The molecule has 2 aromatic rings. The largest absolute Gasteiger partial charge is 0.490 e. The smallest absolute Gasteiger partial charge is 0.361 e. The second-order valence-electron chi connectivity index (χ2n) is 6.81. The number of rotatable bonds is 10. The van der Waals surface area contributed by atoms with Crippen molar-refractivity contribution in [2.24, 2.45) is 0 Å². The summed E-state index contributed by atoms with van der Waals surface area (Å²) in [4.78, 5) is 0. The van der Waals surface area contributed by atoms with Gasteiger partial charge in [-0.05, 0) is 59.7 Å². The van der Waals surface area contributed by atoms with Gasteiger partial charge in [-0.15, -0.1) is 0 Å². The molecule has 0 amide bonds. The third kappa shape index (κ3) is 5.38. The van der Waals surface area contributed by atoms with Crippen molar-refractivity contribution in [3.63, 3.8) is 0 Å². The summed E-state index contributed by atoms with van der Waals surface area (Å²) in [5.74, 6) is 1.33. The predicted octanol–water partition coefficient (Wildman–Crippen LogP) is 5.82. The number of hydrogen-bond acceptors (Lipinski definition) is 5. The SMILES string of the molecule is CCOP(=O)(OCC)c1ccccc1-c1c(OC(C)C)cccc1OC(C)C. The Morgan fingerprint density at radius 2 is 1.29 bits per heavy atom. The minimum absolute atomic E-state index is 0.0224. The molecule has 2 rings (SSSR count). The normalized spacial score (nSPS) is 11.9. The lowest BCUT2D eigenvalue weighted by atomic mass is 10.0. The summed E-state index contributed by atoms with van der Waals surface area (Å²) in [7, 11) is -3.49. The molecule has 154 valence electrons. The van der Waals surface area contributed by atoms with Crippen molar-refractivity contribution in [2.45, 2.75) is 53.8 Å². The minimum atomic E-state index is -3.49. The second kappa shape index (κ2) is 10.1. The highest BCUT2D eigenvalue weighted by Crippen LogP contribution is 2.51. The van der Waals surface area contributed by atoms with Gasteiger partial charge in [-0.1, -0.05) is 24.3 Å². The zero-order valence-corrected chi connectivity index (χ0v) is 18.5. The zero-order valence-electron chi connectivity index (χ0n) is 17.6. The molecule has 0 aliphatic heterocycles. The van der Waals surface area contributed by atoms with E-state index >= 15 is 0 Å². The summed E-state index contributed by atoms with van der Waals surface area (Å²) >= 11 is 0. The molecule has 2 aromatic carbocycles. The quantitative estimate of drug-likeness (QED) is 0.466. The van der Waals surface area contributed by atoms with Crippen molar-refractivity contribution in [3.05, 3.63) is 42.5 Å². The van der Waals surface area contributed by atoms with Crippen LogP contribution in [0.25, 0.3) is 11.1 Å². The van der Waals surface area contributed by atoms with E-state index in [1.807, 2.05) is 64.1 Å². The fraction of sp³-hybridized carbons (Fsp3) is 0.455. The number of benzene rings is 2. The zero-order chi connectivity index (χ0) is 20.7. The van der Waals surface area contributed by atoms with Gasteiger partial charge >= 0.3 is 7.60 Å². The van der Waals surface area contributed by atoms with Crippen molar-refractivity contribution in [3.8, 4) is 22.6 Å². The van der Waals surface area contributed by atoms with Crippen LogP contribution < -0.4 is 14.8 Å². The lowest BCUT2D eigenvalue weighted by molar-refractivity contribution is 0.230. The monoisotopic (exact) mass is 406 g/mol. The van der Waals surface area contributed by atoms with E-state index < -0.39 is 7.60 Å². The van der Waals surface area contributed by atoms with E-state index in [9.17, 15) is 4.57 Å². The van der Waals surface area contributed by atoms with Crippen LogP contribution in [0.1, 0.15) is 41.5 Å². The molecule has 5 nitrogen and oxygen atoms in total. The van der Waals surface area contributed by atoms with E-state index in [4.69, 9.17) is 18.5 Å². The van der Waals surface area contributed by atoms with Crippen LogP contribution >= 0.6 is 7.60 Å². The third-order valence-electron chi connectivity index (χ3n) is 3.78. The van der Waals surface area contributed by atoms with Gasteiger partial charge in [0.1, 0.15) is 11.5 Å². The van der Waals surface area contributed by atoms with Gasteiger partial charge in [-0.3, -0.25) is 4.57 Å². The molecule has 0 heterocycles. The van der Waals surface area contributed by atoms with Crippen LogP contribution in [0.3, 0.4) is 0 Å². The Hall–Kier alpha value is -1.81. The van der Waals surface area contributed by atoms with Gasteiger partial charge in [-0.2, -0.15) is 0 Å². The van der Waals surface area contributed by atoms with Crippen LogP contribution in [-0.4, -0.2) is 25.4 Å². The van der Waals surface area contributed by atoms with Gasteiger partial charge in [0, 0.05) is 5.56 Å². The Bertz CT molecular complexity index is 778. The summed E-state index contributed by atoms with van der Waals surface area (Å²) in [6, 6.07) is 13.1. The highest BCUT2D eigenvalue weighted by Gasteiger charge is 2.32. The maximum absolute atomic E-state index is 13.5. The Kier molecular flexibility index (Phi) is 8.11. The standard InChI is InChI=1S/C22H31O5P/c1-7-24-28(23,25-8-2)21-15-10-9-12-18(21)22-19(26-16(3)4)13-11-14-20(22)27-17(5)6/h9-17H,7-8H2,1-6H3. The van der Waals surface area contributed by atoms with Gasteiger partial charge in [0.15, 0.2) is 0 Å². The molecule has 0 atom stereocenters. The summed E-state index contributed by atoms with van der Waals surface area (Å²) < 4.78 is 36.9. The van der Waals surface area contributed by atoms with Crippen LogP contribution in [-0.2, 0) is 13.6 Å². The van der Waals surface area contributed by atoms with Gasteiger partial charge < -0.3 is 18.5 Å². The first-order chi connectivity index (χ1) is 13.3. The Labute approximate surface area is 168 Å². The van der Waals surface area contributed by atoms with Gasteiger partial charge in [-0.25, -0.2) is 0 Å². The highest BCUT2D eigenvalue weighted by molar-refractivity contribution is 7.62. The molecule has 0 aromatic heterocycles. The van der Waals surface area contributed by atoms with Gasteiger partial charge in [0.2, 0.25) is 0 Å². The third-order valence-corrected chi connectivity index (χ3v) is 5.96. The van der Waals surface area contributed by atoms with E-state index in [0.29, 0.717) is 16.8 Å². The molecular formula is C22H31O5P. The van der Waals surface area contributed by atoms with Crippen LogP contribution in [0.15, 0.2) is 42.5 Å². The summed E-state index contributed by atoms with van der Waals surface area (Å²) in [5, 5.41) is 0.507. The van der Waals surface area contributed by atoms with Crippen molar-refractivity contribution in [2.75, 3.05) is 13.2 Å². The molecule has 6 heteroatoms. The van der Waals surface area contributed by atoms with Crippen molar-refractivity contribution in [1.29, 1.82) is 0 Å². The van der Waals surface area contributed by atoms with Crippen LogP contribution in [0.4, 0.5) is 0 Å². The second-order valence-corrected chi connectivity index (χ2v) is 8.81. The van der Waals surface area contributed by atoms with E-state index in [1.54, 1.807) is 19.9 Å². The predicted molar refractivity (Wildman–Crippen MR) is 114 cm³/mol. The van der Waals surface area contributed by atoms with Gasteiger partial charge in [0.05, 0.1) is 36.3 Å². The van der Waals surface area contributed by atoms with Crippen LogP contribution in [0.5, 0.6) is 11.5 Å². The Morgan fingerprint density at radius 1 is 0.786 bits per heavy atom. The maximum Gasteiger partial charge on any atom is 0.361 e. The van der Waals surface area contributed by atoms with E-state index in [1.165, 1.54) is 0 Å². The molecule has 0 N–H and O–H groups in total. The van der Waals surface area contributed by atoms with Crippen LogP contribution in [0.2, 0.25) is 0 Å². The fourth-order valence-corrected chi connectivity index (χ4v) is 4.70. The van der Waals surface area contributed by atoms with Crippen molar-refractivity contribution in [1.82, 2.24) is 0 Å². The summed E-state index contributed by atoms with van der Waals surface area (Å²) in [5.41, 5.74) is 1.47. The molecule has 0 radical (unpaired) electrons. The number of ether oxygens (including phenoxy) is 2. The topological polar surface area (TPSA) is 54.0 Å². The average molecular weight is 406 g/mol. The molecule has 0 fully saturated rings. The van der Waals surface area contributed by atoms with E-state index in [-0.39, 0.29) is 25.4 Å². The summed E-state index contributed by atoms with van der Waals surface area (Å²) in [6.45, 7) is 12.0. The first kappa shape index (κ1) is 22.5. The molecule has 28 heavy (non-hydrogen) atoms. The van der Waals surface area contributed by atoms with Crippen molar-refractivity contribution < 1.29 is 23.1 Å². The summed E-state index contributed by atoms with van der Waals surface area (Å²) in [6.07, 6.45) is -0.0448. The van der Waals surface area contributed by atoms with Crippen molar-refractivity contribution >= 4 is 12.9 Å². The molecule has 0 saturated heterocycles. The first-order valence-corrected chi connectivity index (χ1v) is 11.3. The Balaban J connectivity index is 2.75. The van der Waals surface area contributed by atoms with Crippen LogP contribution in [0, 0.1) is 0 Å². The van der Waals surface area contributed by atoms with E-state index in [0.717, 1.165) is 11.1 Å². The molecule has 0 unspecified atom stereocenters. The average Bonchev–Trinajstić information content (AvgIpc) is 2.61. The lowest BCUT2D eigenvalue weighted by Crippen LogP contribution is -2.16. The molecule has 0 saturated carbocycles. The molecule has 0 bridgehead atoms.